The van der Waals surface area contributed by atoms with E-state index in [1.807, 2.05) is 6.92 Å². The second kappa shape index (κ2) is 5.73. The van der Waals surface area contributed by atoms with E-state index in [2.05, 4.69) is 9.97 Å². The van der Waals surface area contributed by atoms with E-state index in [0.717, 1.165) is 0 Å². The maximum Gasteiger partial charge on any atom is 0.329 e. The molecule has 0 radical (unpaired) electrons. The van der Waals surface area contributed by atoms with Crippen molar-refractivity contribution in [2.75, 3.05) is 25.7 Å². The number of likely N-dealkylation sites (N-methyl/N-ethyl adjacent to an activating group) is 1. The van der Waals surface area contributed by atoms with Crippen LogP contribution in [-0.4, -0.2) is 47.3 Å². The highest BCUT2D eigenvalue weighted by Gasteiger charge is 2.35. The summed E-state index contributed by atoms with van der Waals surface area (Å²) in [7, 11) is 2.95. The Kier molecular flexibility index (Phi) is 4.52. The van der Waals surface area contributed by atoms with Gasteiger partial charge in [-0.1, -0.05) is 0 Å². The Morgan fingerprint density at radius 3 is 2.11 bits per heavy atom. The molecule has 7 nitrogen and oxygen atoms in total. The van der Waals surface area contributed by atoms with Crippen LogP contribution in [0.1, 0.15) is 20.8 Å². The summed E-state index contributed by atoms with van der Waals surface area (Å²) in [6, 6.07) is 1.53. The minimum Gasteiger partial charge on any atom is -0.481 e. The van der Waals surface area contributed by atoms with Crippen LogP contribution in [0, 0.1) is 0 Å². The normalized spacial score (nSPS) is 11.0. The zero-order valence-corrected chi connectivity index (χ0v) is 11.8. The summed E-state index contributed by atoms with van der Waals surface area (Å²) in [4.78, 5) is 21.3. The van der Waals surface area contributed by atoms with E-state index >= 15 is 0 Å². The smallest absolute Gasteiger partial charge is 0.329 e. The van der Waals surface area contributed by atoms with Crippen molar-refractivity contribution in [3.05, 3.63) is 6.07 Å². The summed E-state index contributed by atoms with van der Waals surface area (Å²) < 4.78 is 10.1. The topological polar surface area (TPSA) is 84.8 Å². The Morgan fingerprint density at radius 2 is 1.79 bits per heavy atom. The molecule has 1 aromatic rings. The fourth-order valence-electron chi connectivity index (χ4n) is 1.62. The number of carbonyl (C=O) groups is 1. The highest BCUT2D eigenvalue weighted by molar-refractivity contribution is 5.81. The van der Waals surface area contributed by atoms with E-state index in [1.54, 1.807) is 18.7 Å². The number of rotatable bonds is 6. The number of anilines is 1. The summed E-state index contributed by atoms with van der Waals surface area (Å²) in [5, 5.41) is 9.30. The molecule has 106 valence electrons. The van der Waals surface area contributed by atoms with Crippen LogP contribution in [0.4, 0.5) is 5.95 Å². The van der Waals surface area contributed by atoms with Crippen molar-refractivity contribution >= 4 is 11.9 Å². The Bertz CT molecular complexity index is 440. The van der Waals surface area contributed by atoms with Gasteiger partial charge in [0.15, 0.2) is 0 Å². The molecule has 1 rings (SSSR count). The molecule has 0 aliphatic heterocycles. The number of aromatic nitrogens is 2. The molecule has 7 heteroatoms. The molecule has 1 aromatic heterocycles. The largest absolute Gasteiger partial charge is 0.481 e. The summed E-state index contributed by atoms with van der Waals surface area (Å²) in [5.41, 5.74) is -1.13. The highest BCUT2D eigenvalue weighted by atomic mass is 16.5. The SMILES string of the molecule is CCN(c1nc(OC)cc(OC)n1)C(C)(C)C(=O)O. The Balaban J connectivity index is 3.28. The van der Waals surface area contributed by atoms with Crippen LogP contribution in [0.25, 0.3) is 0 Å². The molecule has 1 heterocycles. The number of hydrogen-bond donors (Lipinski definition) is 1. The highest BCUT2D eigenvalue weighted by Crippen LogP contribution is 2.25. The summed E-state index contributed by atoms with van der Waals surface area (Å²) >= 11 is 0. The van der Waals surface area contributed by atoms with Gasteiger partial charge in [-0.2, -0.15) is 9.97 Å². The van der Waals surface area contributed by atoms with Crippen molar-refractivity contribution in [2.24, 2.45) is 0 Å². The molecule has 0 bridgehead atoms. The van der Waals surface area contributed by atoms with Crippen molar-refractivity contribution in [1.29, 1.82) is 0 Å². The predicted molar refractivity (Wildman–Crippen MR) is 69.9 cm³/mol. The summed E-state index contributed by atoms with van der Waals surface area (Å²) in [6.07, 6.45) is 0. The Hall–Kier alpha value is -2.05. The van der Waals surface area contributed by atoms with E-state index in [1.165, 1.54) is 20.3 Å². The van der Waals surface area contributed by atoms with Gasteiger partial charge in [0.25, 0.3) is 0 Å². The van der Waals surface area contributed by atoms with Crippen LogP contribution in [-0.2, 0) is 4.79 Å². The lowest BCUT2D eigenvalue weighted by Crippen LogP contribution is -2.51. The number of carboxylic acid groups (broad SMARTS) is 1. The Morgan fingerprint density at radius 1 is 1.32 bits per heavy atom. The van der Waals surface area contributed by atoms with Gasteiger partial charge in [0, 0.05) is 6.54 Å². The van der Waals surface area contributed by atoms with Crippen LogP contribution < -0.4 is 14.4 Å². The van der Waals surface area contributed by atoms with E-state index < -0.39 is 11.5 Å². The molecule has 0 aromatic carbocycles. The van der Waals surface area contributed by atoms with Crippen LogP contribution in [0.5, 0.6) is 11.8 Å². The summed E-state index contributed by atoms with van der Waals surface area (Å²) in [5.74, 6) is -0.0613. The number of methoxy groups -OCH3 is 2. The lowest BCUT2D eigenvalue weighted by Gasteiger charge is -2.34. The first-order valence-electron chi connectivity index (χ1n) is 5.84. The quantitative estimate of drug-likeness (QED) is 0.830. The van der Waals surface area contributed by atoms with Gasteiger partial charge in [0.05, 0.1) is 20.3 Å². The molecule has 0 aliphatic rings. The number of nitrogens with zero attached hydrogens (tertiary/aromatic N) is 3. The first-order valence-corrected chi connectivity index (χ1v) is 5.84. The molecule has 0 fully saturated rings. The number of aliphatic carboxylic acids is 1. The van der Waals surface area contributed by atoms with E-state index in [4.69, 9.17) is 9.47 Å². The molecule has 0 unspecified atom stereocenters. The average molecular weight is 269 g/mol. The van der Waals surface area contributed by atoms with Crippen LogP contribution in [0.2, 0.25) is 0 Å². The molecule has 0 spiro atoms. The maximum atomic E-state index is 11.3. The van der Waals surface area contributed by atoms with Gasteiger partial charge in [-0.25, -0.2) is 4.79 Å². The van der Waals surface area contributed by atoms with Crippen molar-refractivity contribution < 1.29 is 19.4 Å². The number of carboxylic acids is 1. The maximum absolute atomic E-state index is 11.3. The van der Waals surface area contributed by atoms with Crippen LogP contribution >= 0.6 is 0 Å². The van der Waals surface area contributed by atoms with Gasteiger partial charge < -0.3 is 19.5 Å². The fourth-order valence-corrected chi connectivity index (χ4v) is 1.62. The molecule has 0 aliphatic carbocycles. The van der Waals surface area contributed by atoms with Crippen molar-refractivity contribution in [3.8, 4) is 11.8 Å². The van der Waals surface area contributed by atoms with E-state index in [-0.39, 0.29) is 5.95 Å². The monoisotopic (exact) mass is 269 g/mol. The summed E-state index contributed by atoms with van der Waals surface area (Å²) in [6.45, 7) is 5.46. The Labute approximate surface area is 112 Å². The van der Waals surface area contributed by atoms with E-state index in [9.17, 15) is 9.90 Å². The van der Waals surface area contributed by atoms with Gasteiger partial charge in [0.1, 0.15) is 5.54 Å². The zero-order chi connectivity index (χ0) is 14.6. The number of ether oxygens (including phenoxy) is 2. The first kappa shape index (κ1) is 15.0. The van der Waals surface area contributed by atoms with Gasteiger partial charge in [-0.05, 0) is 20.8 Å². The standard InChI is InChI=1S/C12H19N3O4/c1-6-15(12(2,3)10(16)17)11-13-8(18-4)7-9(14-11)19-5/h7H,6H2,1-5H3,(H,16,17). The van der Waals surface area contributed by atoms with Crippen molar-refractivity contribution in [1.82, 2.24) is 9.97 Å². The third-order valence-corrected chi connectivity index (χ3v) is 2.84. The third kappa shape index (κ3) is 3.04. The minimum atomic E-state index is -1.13. The molecule has 19 heavy (non-hydrogen) atoms. The van der Waals surface area contributed by atoms with Gasteiger partial charge in [-0.15, -0.1) is 0 Å². The molecule has 1 N–H and O–H groups in total. The molecule has 0 saturated carbocycles. The molecular formula is C12H19N3O4. The van der Waals surface area contributed by atoms with Crippen molar-refractivity contribution in [3.63, 3.8) is 0 Å². The second-order valence-corrected chi connectivity index (χ2v) is 4.36. The molecule has 0 atom stereocenters. The third-order valence-electron chi connectivity index (χ3n) is 2.84. The lowest BCUT2D eigenvalue weighted by atomic mass is 10.0. The average Bonchev–Trinajstić information content (AvgIpc) is 2.38. The molecule has 0 saturated heterocycles. The van der Waals surface area contributed by atoms with Gasteiger partial charge in [-0.3, -0.25) is 0 Å². The molecular weight excluding hydrogens is 250 g/mol. The van der Waals surface area contributed by atoms with E-state index in [0.29, 0.717) is 18.3 Å². The second-order valence-electron chi connectivity index (χ2n) is 4.36. The van der Waals surface area contributed by atoms with Crippen LogP contribution in [0.3, 0.4) is 0 Å². The van der Waals surface area contributed by atoms with Gasteiger partial charge in [0.2, 0.25) is 17.7 Å². The fraction of sp³-hybridized carbons (Fsp3) is 0.583. The van der Waals surface area contributed by atoms with Gasteiger partial charge >= 0.3 is 5.97 Å². The minimum absolute atomic E-state index is 0.256. The first-order chi connectivity index (χ1) is 8.86. The zero-order valence-electron chi connectivity index (χ0n) is 11.8. The predicted octanol–water partition coefficient (Wildman–Crippen LogP) is 1.18. The van der Waals surface area contributed by atoms with Crippen molar-refractivity contribution in [2.45, 2.75) is 26.3 Å². The number of hydrogen-bond acceptors (Lipinski definition) is 6. The molecule has 0 amide bonds. The lowest BCUT2D eigenvalue weighted by molar-refractivity contribution is -0.142. The van der Waals surface area contributed by atoms with Crippen LogP contribution in [0.15, 0.2) is 6.07 Å².